The third-order valence-corrected chi connectivity index (χ3v) is 2.44. The maximum atomic E-state index is 13.2. The molecule has 0 fully saturated rings. The first-order chi connectivity index (χ1) is 6.27. The van der Waals surface area contributed by atoms with Crippen LogP contribution in [0.5, 0.6) is 0 Å². The third kappa shape index (κ3) is 1.72. The van der Waals surface area contributed by atoms with Crippen LogP contribution in [0.1, 0.15) is 6.42 Å². The lowest BCUT2D eigenvalue weighted by atomic mass is 10.3. The van der Waals surface area contributed by atoms with Gasteiger partial charge in [-0.05, 0) is 28.1 Å². The quantitative estimate of drug-likeness (QED) is 0.740. The second-order valence-electron chi connectivity index (χ2n) is 2.80. The molecule has 0 aliphatic carbocycles. The van der Waals surface area contributed by atoms with Gasteiger partial charge >= 0.3 is 0 Å². The molecule has 0 radical (unpaired) electrons. The van der Waals surface area contributed by atoms with Crippen LogP contribution in [0.15, 0.2) is 29.4 Å². The Kier molecular flexibility index (Phi) is 2.31. The van der Waals surface area contributed by atoms with E-state index in [0.29, 0.717) is 5.69 Å². The molecule has 0 bridgehead atoms. The van der Waals surface area contributed by atoms with E-state index < -0.39 is 0 Å². The maximum Gasteiger partial charge on any atom is 0.148 e. The fraction of sp³-hybridized carbons (Fsp3) is 0.222. The number of rotatable bonds is 1. The van der Waals surface area contributed by atoms with Gasteiger partial charge in [-0.3, -0.25) is 5.01 Å². The molecule has 2 rings (SSSR count). The lowest BCUT2D eigenvalue weighted by Gasteiger charge is -2.13. The lowest BCUT2D eigenvalue weighted by molar-refractivity contribution is 0.622. The Bertz CT molecular complexity index is 351. The van der Waals surface area contributed by atoms with Crippen LogP contribution in [0, 0.1) is 5.82 Å². The molecular weight excluding hydrogens is 235 g/mol. The van der Waals surface area contributed by atoms with Crippen molar-refractivity contribution in [1.82, 2.24) is 0 Å². The summed E-state index contributed by atoms with van der Waals surface area (Å²) in [6.45, 7) is 0.738. The summed E-state index contributed by atoms with van der Waals surface area (Å²) < 4.78 is 14.1. The van der Waals surface area contributed by atoms with Crippen molar-refractivity contribution in [3.8, 4) is 0 Å². The molecule has 1 aliphatic heterocycles. The number of anilines is 1. The van der Waals surface area contributed by atoms with Crippen molar-refractivity contribution in [2.24, 2.45) is 5.10 Å². The summed E-state index contributed by atoms with van der Waals surface area (Å²) in [5.74, 6) is -0.228. The zero-order chi connectivity index (χ0) is 9.26. The molecule has 0 saturated carbocycles. The first-order valence-electron chi connectivity index (χ1n) is 4.02. The van der Waals surface area contributed by atoms with Crippen LogP contribution >= 0.6 is 15.9 Å². The summed E-state index contributed by atoms with van der Waals surface area (Å²) in [7, 11) is 0. The van der Waals surface area contributed by atoms with Gasteiger partial charge < -0.3 is 0 Å². The molecule has 0 atom stereocenters. The molecule has 1 aliphatic rings. The van der Waals surface area contributed by atoms with Crippen LogP contribution in [0.3, 0.4) is 0 Å². The molecule has 13 heavy (non-hydrogen) atoms. The van der Waals surface area contributed by atoms with Gasteiger partial charge in [0.25, 0.3) is 0 Å². The minimum Gasteiger partial charge on any atom is -0.261 e. The molecule has 2 nitrogen and oxygen atoms in total. The zero-order valence-electron chi connectivity index (χ0n) is 6.87. The van der Waals surface area contributed by atoms with Gasteiger partial charge in [0.1, 0.15) is 10.4 Å². The van der Waals surface area contributed by atoms with Crippen molar-refractivity contribution in [1.29, 1.82) is 0 Å². The topological polar surface area (TPSA) is 15.6 Å². The second-order valence-corrected chi connectivity index (χ2v) is 3.72. The first kappa shape index (κ1) is 8.69. The highest BCUT2D eigenvalue weighted by molar-refractivity contribution is 9.18. The molecular formula is C9H8BrFN2. The van der Waals surface area contributed by atoms with Crippen molar-refractivity contribution in [2.45, 2.75) is 6.42 Å². The molecule has 0 N–H and O–H groups in total. The molecule has 0 unspecified atom stereocenters. The number of nitrogens with zero attached hydrogens (tertiary/aromatic N) is 2. The van der Waals surface area contributed by atoms with Crippen molar-refractivity contribution in [3.05, 3.63) is 30.1 Å². The molecule has 0 amide bonds. The zero-order valence-corrected chi connectivity index (χ0v) is 8.46. The normalized spacial score (nSPS) is 16.2. The molecule has 1 heterocycles. The molecule has 0 spiro atoms. The van der Waals surface area contributed by atoms with E-state index in [9.17, 15) is 4.39 Å². The largest absolute Gasteiger partial charge is 0.261 e. The Morgan fingerprint density at radius 3 is 2.77 bits per heavy atom. The molecule has 0 saturated heterocycles. The van der Waals surface area contributed by atoms with E-state index in [0.717, 1.165) is 17.6 Å². The number of hydrazone groups is 1. The van der Waals surface area contributed by atoms with Crippen molar-refractivity contribution < 1.29 is 4.39 Å². The van der Waals surface area contributed by atoms with Gasteiger partial charge in [0, 0.05) is 13.0 Å². The number of benzene rings is 1. The minimum absolute atomic E-state index is 0.228. The van der Waals surface area contributed by atoms with Crippen LogP contribution in [-0.2, 0) is 0 Å². The average Bonchev–Trinajstić information content (AvgIpc) is 2.53. The Balaban J connectivity index is 2.31. The third-order valence-electron chi connectivity index (χ3n) is 1.89. The summed E-state index contributed by atoms with van der Waals surface area (Å²) in [6, 6.07) is 6.65. The van der Waals surface area contributed by atoms with Crippen LogP contribution in [-0.4, -0.2) is 11.2 Å². The monoisotopic (exact) mass is 242 g/mol. The minimum atomic E-state index is -0.228. The molecule has 4 heteroatoms. The van der Waals surface area contributed by atoms with Crippen molar-refractivity contribution >= 4 is 26.2 Å². The van der Waals surface area contributed by atoms with Crippen LogP contribution in [0.25, 0.3) is 0 Å². The van der Waals surface area contributed by atoms with Crippen LogP contribution in [0.2, 0.25) is 0 Å². The number of halogens is 2. The Morgan fingerprint density at radius 1 is 1.38 bits per heavy atom. The molecule has 1 aromatic carbocycles. The highest BCUT2D eigenvalue weighted by atomic mass is 79.9. The highest BCUT2D eigenvalue weighted by Gasteiger charge is 2.16. The van der Waals surface area contributed by atoms with Gasteiger partial charge in [-0.2, -0.15) is 5.10 Å². The van der Waals surface area contributed by atoms with E-state index in [1.807, 2.05) is 0 Å². The number of hydrogen-bond acceptors (Lipinski definition) is 2. The predicted molar refractivity (Wildman–Crippen MR) is 54.7 cm³/mol. The van der Waals surface area contributed by atoms with E-state index in [4.69, 9.17) is 0 Å². The standard InChI is InChI=1S/C9H8BrFN2/c10-9-5-6-13(12-9)8-4-2-1-3-7(8)11/h1-4H,5-6H2. The lowest BCUT2D eigenvalue weighted by Crippen LogP contribution is -2.13. The van der Waals surface area contributed by atoms with Gasteiger partial charge in [0.15, 0.2) is 0 Å². The van der Waals surface area contributed by atoms with Gasteiger partial charge in [0.05, 0.1) is 5.69 Å². The Hall–Kier alpha value is -0.900. The summed E-state index contributed by atoms with van der Waals surface area (Å²) in [5.41, 5.74) is 0.539. The van der Waals surface area contributed by atoms with E-state index in [2.05, 4.69) is 21.0 Å². The van der Waals surface area contributed by atoms with Crippen molar-refractivity contribution in [3.63, 3.8) is 0 Å². The second kappa shape index (κ2) is 3.46. The van der Waals surface area contributed by atoms with Crippen LogP contribution in [0.4, 0.5) is 10.1 Å². The van der Waals surface area contributed by atoms with Gasteiger partial charge in [-0.15, -0.1) is 0 Å². The van der Waals surface area contributed by atoms with E-state index in [1.165, 1.54) is 6.07 Å². The highest BCUT2D eigenvalue weighted by Crippen LogP contribution is 2.23. The summed E-state index contributed by atoms with van der Waals surface area (Å²) in [5, 5.41) is 5.81. The molecule has 0 aromatic heterocycles. The molecule has 68 valence electrons. The SMILES string of the molecule is Fc1ccccc1N1CCC(Br)=N1. The number of hydrogen-bond donors (Lipinski definition) is 0. The fourth-order valence-electron chi connectivity index (χ4n) is 1.26. The summed E-state index contributed by atoms with van der Waals surface area (Å²) in [6.07, 6.45) is 0.842. The van der Waals surface area contributed by atoms with Gasteiger partial charge in [-0.25, -0.2) is 4.39 Å². The number of para-hydroxylation sites is 1. The van der Waals surface area contributed by atoms with E-state index >= 15 is 0 Å². The van der Waals surface area contributed by atoms with E-state index in [-0.39, 0.29) is 5.82 Å². The Labute approximate surface area is 84.2 Å². The predicted octanol–water partition coefficient (Wildman–Crippen LogP) is 2.74. The smallest absolute Gasteiger partial charge is 0.148 e. The fourth-order valence-corrected chi connectivity index (χ4v) is 1.63. The van der Waals surface area contributed by atoms with Crippen LogP contribution < -0.4 is 5.01 Å². The maximum absolute atomic E-state index is 13.2. The average molecular weight is 243 g/mol. The van der Waals surface area contributed by atoms with Gasteiger partial charge in [0.2, 0.25) is 0 Å². The molecule has 1 aromatic rings. The Morgan fingerprint density at radius 2 is 2.15 bits per heavy atom. The summed E-state index contributed by atoms with van der Waals surface area (Å²) in [4.78, 5) is 0. The summed E-state index contributed by atoms with van der Waals surface area (Å²) >= 11 is 3.29. The van der Waals surface area contributed by atoms with E-state index in [1.54, 1.807) is 23.2 Å². The first-order valence-corrected chi connectivity index (χ1v) is 4.82. The van der Waals surface area contributed by atoms with Crippen molar-refractivity contribution in [2.75, 3.05) is 11.6 Å². The van der Waals surface area contributed by atoms with Gasteiger partial charge in [-0.1, -0.05) is 12.1 Å².